The Morgan fingerprint density at radius 3 is 2.38 bits per heavy atom. The van der Waals surface area contributed by atoms with Crippen molar-refractivity contribution >= 4 is 16.9 Å². The molecule has 124 valence electrons. The number of carbonyl (C=O) groups excluding carboxylic acids is 1. The summed E-state index contributed by atoms with van der Waals surface area (Å²) in [6.45, 7) is 0.00771. The number of benzene rings is 1. The monoisotopic (exact) mass is 334 g/mol. The van der Waals surface area contributed by atoms with Gasteiger partial charge in [0, 0.05) is 25.9 Å². The van der Waals surface area contributed by atoms with Gasteiger partial charge in [-0.25, -0.2) is 13.2 Å². The van der Waals surface area contributed by atoms with Crippen molar-refractivity contribution in [3.63, 3.8) is 0 Å². The summed E-state index contributed by atoms with van der Waals surface area (Å²) in [6, 6.07) is 3.39. The maximum atomic E-state index is 13.4. The zero-order valence-corrected chi connectivity index (χ0v) is 12.9. The Hall–Kier alpha value is -2.90. The summed E-state index contributed by atoms with van der Waals surface area (Å²) in [5, 5.41) is 4.10. The minimum atomic E-state index is -1.52. The number of aromatic nitrogens is 3. The summed E-state index contributed by atoms with van der Waals surface area (Å²) in [5.74, 6) is -4.23. The molecular formula is C16H13F3N4O. The van der Waals surface area contributed by atoms with Crippen molar-refractivity contribution in [2.45, 2.75) is 6.54 Å². The molecule has 3 rings (SSSR count). The van der Waals surface area contributed by atoms with Crippen LogP contribution in [0.15, 0.2) is 30.6 Å². The van der Waals surface area contributed by atoms with E-state index in [0.717, 1.165) is 12.1 Å². The van der Waals surface area contributed by atoms with E-state index in [1.807, 2.05) is 0 Å². The number of hydrogen-bond donors (Lipinski definition) is 0. The highest BCUT2D eigenvalue weighted by Gasteiger charge is 2.14. The molecule has 1 amide bonds. The first-order valence-electron chi connectivity index (χ1n) is 7.03. The molecule has 0 bridgehead atoms. The molecule has 0 aliphatic heterocycles. The second kappa shape index (κ2) is 5.95. The minimum Gasteiger partial charge on any atom is -0.347 e. The number of halogens is 3. The number of fused-ring (bicyclic) bond motifs is 1. The zero-order valence-electron chi connectivity index (χ0n) is 12.9. The third-order valence-electron chi connectivity index (χ3n) is 3.60. The number of amides is 1. The number of carbonyl (C=O) groups is 1. The van der Waals surface area contributed by atoms with E-state index in [4.69, 9.17) is 0 Å². The van der Waals surface area contributed by atoms with Gasteiger partial charge in [-0.3, -0.25) is 14.5 Å². The van der Waals surface area contributed by atoms with Gasteiger partial charge in [0.1, 0.15) is 12.1 Å². The Balaban J connectivity index is 2.06. The van der Waals surface area contributed by atoms with Gasteiger partial charge in [-0.1, -0.05) is 0 Å². The van der Waals surface area contributed by atoms with E-state index in [2.05, 4.69) is 10.1 Å². The van der Waals surface area contributed by atoms with Crippen LogP contribution in [0.25, 0.3) is 22.2 Å². The molecule has 0 N–H and O–H groups in total. The van der Waals surface area contributed by atoms with Crippen LogP contribution < -0.4 is 0 Å². The molecule has 0 radical (unpaired) electrons. The maximum absolute atomic E-state index is 13.4. The van der Waals surface area contributed by atoms with Crippen molar-refractivity contribution in [2.24, 2.45) is 0 Å². The molecule has 1 aromatic carbocycles. The smallest absolute Gasteiger partial charge is 0.243 e. The van der Waals surface area contributed by atoms with E-state index in [9.17, 15) is 18.0 Å². The summed E-state index contributed by atoms with van der Waals surface area (Å²) >= 11 is 0. The zero-order chi connectivity index (χ0) is 17.4. The predicted octanol–water partition coefficient (Wildman–Crippen LogP) is 2.60. The van der Waals surface area contributed by atoms with Crippen molar-refractivity contribution in [3.05, 3.63) is 48.0 Å². The van der Waals surface area contributed by atoms with Crippen molar-refractivity contribution in [2.75, 3.05) is 14.1 Å². The second-order valence-electron chi connectivity index (χ2n) is 5.47. The summed E-state index contributed by atoms with van der Waals surface area (Å²) in [4.78, 5) is 17.4. The molecule has 0 aliphatic carbocycles. The molecule has 0 fully saturated rings. The van der Waals surface area contributed by atoms with E-state index in [-0.39, 0.29) is 18.0 Å². The van der Waals surface area contributed by atoms with Gasteiger partial charge in [0.15, 0.2) is 17.5 Å². The lowest BCUT2D eigenvalue weighted by Gasteiger charge is -2.11. The fourth-order valence-corrected chi connectivity index (χ4v) is 2.23. The standard InChI is InChI=1S/C16H13F3N4O/c1-22(2)15(24)8-23-14-5-10(6-20-13(14)7-21-23)9-3-11(17)16(19)12(18)4-9/h3-7H,8H2,1-2H3. The second-order valence-corrected chi connectivity index (χ2v) is 5.47. The molecule has 0 saturated carbocycles. The molecule has 0 atom stereocenters. The summed E-state index contributed by atoms with van der Waals surface area (Å²) in [7, 11) is 3.25. The largest absolute Gasteiger partial charge is 0.347 e. The Morgan fingerprint density at radius 2 is 1.75 bits per heavy atom. The molecule has 2 aromatic heterocycles. The van der Waals surface area contributed by atoms with Gasteiger partial charge in [0.05, 0.1) is 11.7 Å². The van der Waals surface area contributed by atoms with Gasteiger partial charge in [-0.05, 0) is 23.8 Å². The van der Waals surface area contributed by atoms with Gasteiger partial charge >= 0.3 is 0 Å². The SMILES string of the molecule is CN(C)C(=O)Cn1ncc2ncc(-c3cc(F)c(F)c(F)c3)cc21. The number of pyridine rings is 1. The normalized spacial score (nSPS) is 11.0. The van der Waals surface area contributed by atoms with E-state index in [1.165, 1.54) is 22.0 Å². The van der Waals surface area contributed by atoms with Gasteiger partial charge in [0.2, 0.25) is 5.91 Å². The fourth-order valence-electron chi connectivity index (χ4n) is 2.23. The predicted molar refractivity (Wildman–Crippen MR) is 81.5 cm³/mol. The van der Waals surface area contributed by atoms with E-state index < -0.39 is 17.5 Å². The first kappa shape index (κ1) is 16.0. The molecule has 5 nitrogen and oxygen atoms in total. The third kappa shape index (κ3) is 2.82. The van der Waals surface area contributed by atoms with Gasteiger partial charge < -0.3 is 4.90 Å². The lowest BCUT2D eigenvalue weighted by molar-refractivity contribution is -0.129. The number of likely N-dealkylation sites (N-methyl/N-ethyl adjacent to an activating group) is 1. The van der Waals surface area contributed by atoms with Crippen LogP contribution in [0.4, 0.5) is 13.2 Å². The van der Waals surface area contributed by atoms with Crippen LogP contribution in [0, 0.1) is 17.5 Å². The highest BCUT2D eigenvalue weighted by molar-refractivity contribution is 5.82. The molecular weight excluding hydrogens is 321 g/mol. The summed E-state index contributed by atoms with van der Waals surface area (Å²) in [6.07, 6.45) is 2.90. The van der Waals surface area contributed by atoms with E-state index in [1.54, 1.807) is 20.2 Å². The number of rotatable bonds is 3. The van der Waals surface area contributed by atoms with Crippen LogP contribution in [0.5, 0.6) is 0 Å². The molecule has 3 aromatic rings. The van der Waals surface area contributed by atoms with Crippen LogP contribution in [0.2, 0.25) is 0 Å². The fraction of sp³-hybridized carbons (Fsp3) is 0.188. The van der Waals surface area contributed by atoms with Crippen molar-refractivity contribution in [1.29, 1.82) is 0 Å². The third-order valence-corrected chi connectivity index (χ3v) is 3.60. The molecule has 8 heteroatoms. The van der Waals surface area contributed by atoms with Crippen molar-refractivity contribution in [3.8, 4) is 11.1 Å². The Bertz CT molecular complexity index is 913. The number of hydrogen-bond acceptors (Lipinski definition) is 3. The number of nitrogens with zero attached hydrogens (tertiary/aromatic N) is 4. The van der Waals surface area contributed by atoms with Gasteiger partial charge in [0.25, 0.3) is 0 Å². The first-order chi connectivity index (χ1) is 11.4. The molecule has 0 saturated heterocycles. The van der Waals surface area contributed by atoms with Crippen molar-refractivity contribution < 1.29 is 18.0 Å². The summed E-state index contributed by atoms with van der Waals surface area (Å²) < 4.78 is 41.4. The molecule has 0 unspecified atom stereocenters. The molecule has 0 aliphatic rings. The average molecular weight is 334 g/mol. The average Bonchev–Trinajstić information content (AvgIpc) is 2.94. The molecule has 24 heavy (non-hydrogen) atoms. The molecule has 0 spiro atoms. The summed E-state index contributed by atoms with van der Waals surface area (Å²) in [5.41, 5.74) is 1.60. The Morgan fingerprint density at radius 1 is 1.08 bits per heavy atom. The highest BCUT2D eigenvalue weighted by Crippen LogP contribution is 2.25. The quantitative estimate of drug-likeness (QED) is 0.692. The van der Waals surface area contributed by atoms with Gasteiger partial charge in [-0.2, -0.15) is 5.10 Å². The van der Waals surface area contributed by atoms with E-state index >= 15 is 0 Å². The lowest BCUT2D eigenvalue weighted by atomic mass is 10.1. The van der Waals surface area contributed by atoms with E-state index in [0.29, 0.717) is 16.6 Å². The Labute approximate surface area is 135 Å². The molecule has 2 heterocycles. The van der Waals surface area contributed by atoms with Crippen LogP contribution in [0.3, 0.4) is 0 Å². The lowest BCUT2D eigenvalue weighted by Crippen LogP contribution is -2.26. The van der Waals surface area contributed by atoms with Crippen LogP contribution >= 0.6 is 0 Å². The first-order valence-corrected chi connectivity index (χ1v) is 7.03. The van der Waals surface area contributed by atoms with Gasteiger partial charge in [-0.15, -0.1) is 0 Å². The van der Waals surface area contributed by atoms with Crippen molar-refractivity contribution in [1.82, 2.24) is 19.7 Å². The van der Waals surface area contributed by atoms with Crippen LogP contribution in [0.1, 0.15) is 0 Å². The topological polar surface area (TPSA) is 51.0 Å². The van der Waals surface area contributed by atoms with Crippen LogP contribution in [-0.4, -0.2) is 39.7 Å². The highest BCUT2D eigenvalue weighted by atomic mass is 19.2. The maximum Gasteiger partial charge on any atom is 0.243 e. The minimum absolute atomic E-state index is 0.00771. The van der Waals surface area contributed by atoms with Crippen LogP contribution in [-0.2, 0) is 11.3 Å². The Kier molecular flexibility index (Phi) is 3.96.